The molecule has 27 heavy (non-hydrogen) atoms. The van der Waals surface area contributed by atoms with Gasteiger partial charge >= 0.3 is 0 Å². The van der Waals surface area contributed by atoms with Gasteiger partial charge in [0.1, 0.15) is 17.1 Å². The second-order valence-electron chi connectivity index (χ2n) is 6.77. The number of hydrogen-bond donors (Lipinski definition) is 0. The zero-order valence-corrected chi connectivity index (χ0v) is 16.2. The number of aryl methyl sites for hydroxylation is 2. The van der Waals surface area contributed by atoms with Crippen LogP contribution in [0, 0.1) is 13.8 Å². The molecule has 0 saturated carbocycles. The first-order chi connectivity index (χ1) is 13.1. The Labute approximate surface area is 159 Å². The highest BCUT2D eigenvalue weighted by molar-refractivity contribution is 6.02. The van der Waals surface area contributed by atoms with Crippen LogP contribution in [0.15, 0.2) is 64.0 Å². The second kappa shape index (κ2) is 6.92. The quantitative estimate of drug-likeness (QED) is 0.438. The van der Waals surface area contributed by atoms with E-state index in [2.05, 4.69) is 55.2 Å². The summed E-state index contributed by atoms with van der Waals surface area (Å²) in [5, 5.41) is 2.07. The topological polar surface area (TPSA) is 34.7 Å². The fourth-order valence-corrected chi connectivity index (χ4v) is 3.65. The van der Waals surface area contributed by atoms with E-state index in [1.807, 2.05) is 25.1 Å². The van der Waals surface area contributed by atoms with Gasteiger partial charge in [0.2, 0.25) is 0 Å². The average Bonchev–Trinajstić information content (AvgIpc) is 2.68. The third-order valence-corrected chi connectivity index (χ3v) is 4.94. The molecule has 0 N–H and O–H groups in total. The van der Waals surface area contributed by atoms with Gasteiger partial charge in [0.25, 0.3) is 0 Å². The average molecular weight is 357 g/mol. The van der Waals surface area contributed by atoms with Gasteiger partial charge in [0.15, 0.2) is 0 Å². The summed E-state index contributed by atoms with van der Waals surface area (Å²) in [5.41, 5.74) is 6.52. The Morgan fingerprint density at radius 2 is 1.74 bits per heavy atom. The highest BCUT2D eigenvalue weighted by Crippen LogP contribution is 2.41. The third kappa shape index (κ3) is 2.99. The molecule has 3 nitrogen and oxygen atoms in total. The zero-order chi connectivity index (χ0) is 19.0. The Kier molecular flexibility index (Phi) is 4.44. The van der Waals surface area contributed by atoms with E-state index in [1.165, 1.54) is 11.1 Å². The predicted octanol–water partition coefficient (Wildman–Crippen LogP) is 5.75. The van der Waals surface area contributed by atoms with Crippen molar-refractivity contribution >= 4 is 11.0 Å². The first kappa shape index (κ1) is 17.3. The summed E-state index contributed by atoms with van der Waals surface area (Å²) in [6.07, 6.45) is 0. The van der Waals surface area contributed by atoms with Crippen LogP contribution in [0.4, 0.5) is 0 Å². The van der Waals surface area contributed by atoms with Gasteiger partial charge in [0, 0.05) is 35.2 Å². The van der Waals surface area contributed by atoms with Gasteiger partial charge in [-0.2, -0.15) is 0 Å². The van der Waals surface area contributed by atoms with Crippen molar-refractivity contribution in [1.29, 1.82) is 0 Å². The van der Waals surface area contributed by atoms with E-state index in [-0.39, 0.29) is 0 Å². The Morgan fingerprint density at radius 1 is 0.963 bits per heavy atom. The molecular weight excluding hydrogens is 334 g/mol. The van der Waals surface area contributed by atoms with E-state index >= 15 is 0 Å². The van der Waals surface area contributed by atoms with Crippen molar-refractivity contribution in [1.82, 2.24) is 0 Å². The molecule has 0 saturated heterocycles. The molecule has 0 bridgehead atoms. The van der Waals surface area contributed by atoms with E-state index in [0.717, 1.165) is 51.1 Å². The summed E-state index contributed by atoms with van der Waals surface area (Å²) < 4.78 is 11.8. The van der Waals surface area contributed by atoms with Crippen LogP contribution in [-0.2, 0) is 0 Å². The van der Waals surface area contributed by atoms with Crippen LogP contribution in [0.25, 0.3) is 33.4 Å². The molecule has 0 fully saturated rings. The molecule has 0 amide bonds. The smallest absolute Gasteiger partial charge is 0.139 e. The summed E-state index contributed by atoms with van der Waals surface area (Å²) in [5.74, 6) is 1.67. The molecule has 1 aliphatic carbocycles. The van der Waals surface area contributed by atoms with Crippen molar-refractivity contribution in [3.05, 3.63) is 71.1 Å². The van der Waals surface area contributed by atoms with Gasteiger partial charge in [-0.3, -0.25) is 4.99 Å². The lowest BCUT2D eigenvalue weighted by Gasteiger charge is -2.17. The summed E-state index contributed by atoms with van der Waals surface area (Å²) in [6, 6.07) is 18.8. The molecule has 2 aromatic rings. The SMILES string of the molecule is CC/N=c1\cc2oc3cc(OC)c(C)cc3c(-c3ccccc3)c-2cc1C. The van der Waals surface area contributed by atoms with Crippen molar-refractivity contribution in [2.75, 3.05) is 13.7 Å². The maximum Gasteiger partial charge on any atom is 0.139 e. The fraction of sp³-hybridized carbons (Fsp3) is 0.208. The minimum Gasteiger partial charge on any atom is -0.496 e. The Hall–Kier alpha value is -3.07. The van der Waals surface area contributed by atoms with Crippen LogP contribution in [0.2, 0.25) is 0 Å². The van der Waals surface area contributed by atoms with Gasteiger partial charge in [0.05, 0.1) is 12.5 Å². The summed E-state index contributed by atoms with van der Waals surface area (Å²) >= 11 is 0. The van der Waals surface area contributed by atoms with Crippen molar-refractivity contribution in [3.63, 3.8) is 0 Å². The molecule has 0 aromatic heterocycles. The maximum absolute atomic E-state index is 6.31. The largest absolute Gasteiger partial charge is 0.496 e. The normalized spacial score (nSPS) is 12.1. The van der Waals surface area contributed by atoms with Gasteiger partial charge in [-0.15, -0.1) is 0 Å². The summed E-state index contributed by atoms with van der Waals surface area (Å²) in [6.45, 7) is 6.96. The van der Waals surface area contributed by atoms with Crippen LogP contribution in [0.3, 0.4) is 0 Å². The van der Waals surface area contributed by atoms with Crippen molar-refractivity contribution < 1.29 is 9.15 Å². The third-order valence-electron chi connectivity index (χ3n) is 4.94. The number of rotatable bonds is 3. The number of methoxy groups -OCH3 is 1. The molecule has 0 radical (unpaired) electrons. The first-order valence-electron chi connectivity index (χ1n) is 9.24. The number of fused-ring (bicyclic) bond motifs is 2. The van der Waals surface area contributed by atoms with Crippen LogP contribution < -0.4 is 10.1 Å². The first-order valence-corrected chi connectivity index (χ1v) is 9.24. The maximum atomic E-state index is 6.31. The van der Waals surface area contributed by atoms with E-state index in [0.29, 0.717) is 0 Å². The van der Waals surface area contributed by atoms with Crippen LogP contribution in [0.1, 0.15) is 18.1 Å². The molecule has 2 aromatic carbocycles. The van der Waals surface area contributed by atoms with Gasteiger partial charge in [-0.1, -0.05) is 30.3 Å². The van der Waals surface area contributed by atoms with Crippen LogP contribution in [0.5, 0.6) is 5.75 Å². The summed E-state index contributed by atoms with van der Waals surface area (Å²) in [4.78, 5) is 4.60. The van der Waals surface area contributed by atoms with Crippen molar-refractivity contribution in [2.24, 2.45) is 4.99 Å². The lowest BCUT2D eigenvalue weighted by molar-refractivity contribution is 0.411. The van der Waals surface area contributed by atoms with Crippen LogP contribution in [-0.4, -0.2) is 13.7 Å². The molecule has 1 aliphatic heterocycles. The minimum atomic E-state index is 0.748. The van der Waals surface area contributed by atoms with E-state index in [1.54, 1.807) is 7.11 Å². The molecule has 2 aliphatic rings. The summed E-state index contributed by atoms with van der Waals surface area (Å²) in [7, 11) is 1.69. The Morgan fingerprint density at radius 3 is 2.44 bits per heavy atom. The standard InChI is InChI=1S/C24H23NO2/c1-5-25-20-13-22-18(11-15(20)2)24(17-9-7-6-8-10-17)19-12-16(3)21(26-4)14-23(19)27-22/h6-14H,5H2,1-4H3/b25-20+. The number of ether oxygens (including phenoxy) is 1. The van der Waals surface area contributed by atoms with Gasteiger partial charge in [-0.05, 0) is 49.6 Å². The Bertz CT molecular complexity index is 1160. The molecule has 0 spiro atoms. The molecular formula is C24H23NO2. The number of benzene rings is 3. The molecule has 136 valence electrons. The second-order valence-corrected chi connectivity index (χ2v) is 6.77. The molecule has 3 heteroatoms. The highest BCUT2D eigenvalue weighted by atomic mass is 16.5. The molecule has 4 rings (SSSR count). The molecule has 1 heterocycles. The van der Waals surface area contributed by atoms with Gasteiger partial charge in [-0.25, -0.2) is 0 Å². The number of nitrogens with zero attached hydrogens (tertiary/aromatic N) is 1. The lowest BCUT2D eigenvalue weighted by atomic mass is 9.92. The highest BCUT2D eigenvalue weighted by Gasteiger charge is 2.19. The molecule has 0 atom stereocenters. The van der Waals surface area contributed by atoms with E-state index in [4.69, 9.17) is 9.15 Å². The lowest BCUT2D eigenvalue weighted by Crippen LogP contribution is -2.08. The van der Waals surface area contributed by atoms with E-state index < -0.39 is 0 Å². The fourth-order valence-electron chi connectivity index (χ4n) is 3.65. The van der Waals surface area contributed by atoms with Crippen molar-refractivity contribution in [3.8, 4) is 28.2 Å². The molecule has 0 unspecified atom stereocenters. The Balaban J connectivity index is 2.19. The number of hydrogen-bond acceptors (Lipinski definition) is 3. The van der Waals surface area contributed by atoms with Crippen LogP contribution >= 0.6 is 0 Å². The van der Waals surface area contributed by atoms with Gasteiger partial charge < -0.3 is 9.15 Å². The zero-order valence-electron chi connectivity index (χ0n) is 16.2. The predicted molar refractivity (Wildman–Crippen MR) is 110 cm³/mol. The monoisotopic (exact) mass is 357 g/mol. The van der Waals surface area contributed by atoms with E-state index in [9.17, 15) is 0 Å². The minimum absolute atomic E-state index is 0.748. The van der Waals surface area contributed by atoms with Crippen molar-refractivity contribution in [2.45, 2.75) is 20.8 Å².